The van der Waals surface area contributed by atoms with Gasteiger partial charge < -0.3 is 9.42 Å². The van der Waals surface area contributed by atoms with E-state index >= 15 is 0 Å². The predicted molar refractivity (Wildman–Crippen MR) is 118 cm³/mol. The molecular formula is C25H29FN4O. The summed E-state index contributed by atoms with van der Waals surface area (Å²) in [5, 5.41) is 4.11. The number of aromatic nitrogens is 2. The van der Waals surface area contributed by atoms with Gasteiger partial charge in [0, 0.05) is 31.2 Å². The molecule has 0 unspecified atom stereocenters. The minimum absolute atomic E-state index is 0.252. The van der Waals surface area contributed by atoms with Gasteiger partial charge in [-0.3, -0.25) is 4.90 Å². The molecule has 2 saturated heterocycles. The zero-order valence-electron chi connectivity index (χ0n) is 17.8. The van der Waals surface area contributed by atoms with E-state index in [-0.39, 0.29) is 11.7 Å². The molecule has 2 aromatic carbocycles. The molecule has 0 radical (unpaired) electrons. The normalized spacial score (nSPS) is 22.7. The summed E-state index contributed by atoms with van der Waals surface area (Å²) in [4.78, 5) is 9.81. The first-order valence-electron chi connectivity index (χ1n) is 11.3. The molecule has 0 bridgehead atoms. The van der Waals surface area contributed by atoms with E-state index in [4.69, 9.17) is 4.52 Å². The van der Waals surface area contributed by atoms with Crippen molar-refractivity contribution in [2.24, 2.45) is 0 Å². The van der Waals surface area contributed by atoms with Gasteiger partial charge >= 0.3 is 0 Å². The predicted octanol–water partition coefficient (Wildman–Crippen LogP) is 4.37. The van der Waals surface area contributed by atoms with Gasteiger partial charge in [-0.2, -0.15) is 4.98 Å². The van der Waals surface area contributed by atoms with Crippen LogP contribution in [-0.4, -0.2) is 58.7 Å². The maximum atomic E-state index is 13.5. The van der Waals surface area contributed by atoms with E-state index < -0.39 is 0 Å². The van der Waals surface area contributed by atoms with Gasteiger partial charge in [0.05, 0.1) is 5.92 Å². The summed E-state index contributed by atoms with van der Waals surface area (Å²) in [6.45, 7) is 5.53. The first-order valence-corrected chi connectivity index (χ1v) is 11.3. The lowest BCUT2D eigenvalue weighted by Crippen LogP contribution is -2.43. The Balaban J connectivity index is 1.17. The Labute approximate surface area is 182 Å². The number of likely N-dealkylation sites (tertiary alicyclic amines) is 2. The first-order chi connectivity index (χ1) is 15.2. The molecular weight excluding hydrogens is 391 g/mol. The van der Waals surface area contributed by atoms with Gasteiger partial charge in [0.25, 0.3) is 0 Å². The van der Waals surface area contributed by atoms with Crippen LogP contribution in [0.1, 0.15) is 36.6 Å². The standard InChI is InChI=1S/C25H29FN4O/c26-22-10-4-8-20(16-22)24-27-25(31-28-24)21-9-5-13-30(17-21)23-12-15-29(18-23)14-11-19-6-2-1-3-7-19/h1-4,6-8,10,16,21,23H,5,9,11-15,17-18H2/t21-,23+/m1/s1. The third-order valence-corrected chi connectivity index (χ3v) is 6.65. The molecule has 0 N–H and O–H groups in total. The number of benzene rings is 2. The zero-order chi connectivity index (χ0) is 21.0. The van der Waals surface area contributed by atoms with Crippen molar-refractivity contribution in [1.29, 1.82) is 0 Å². The second-order valence-corrected chi connectivity index (χ2v) is 8.78. The van der Waals surface area contributed by atoms with Gasteiger partial charge in [-0.05, 0) is 56.5 Å². The summed E-state index contributed by atoms with van der Waals surface area (Å²) in [5.41, 5.74) is 2.07. The van der Waals surface area contributed by atoms with Crippen LogP contribution in [-0.2, 0) is 6.42 Å². The van der Waals surface area contributed by atoms with Crippen molar-refractivity contribution < 1.29 is 8.91 Å². The van der Waals surface area contributed by atoms with Gasteiger partial charge in [-0.1, -0.05) is 47.6 Å². The Morgan fingerprint density at radius 1 is 1.00 bits per heavy atom. The highest BCUT2D eigenvalue weighted by Crippen LogP contribution is 2.30. The Hall–Kier alpha value is -2.57. The minimum Gasteiger partial charge on any atom is -0.339 e. The summed E-state index contributed by atoms with van der Waals surface area (Å²) in [7, 11) is 0. The molecule has 2 atom stereocenters. The van der Waals surface area contributed by atoms with E-state index in [1.54, 1.807) is 6.07 Å². The molecule has 0 spiro atoms. The van der Waals surface area contributed by atoms with Crippen LogP contribution in [0.3, 0.4) is 0 Å². The van der Waals surface area contributed by atoms with Crippen molar-refractivity contribution in [3.63, 3.8) is 0 Å². The van der Waals surface area contributed by atoms with Gasteiger partial charge in [-0.25, -0.2) is 4.39 Å². The molecule has 0 saturated carbocycles. The SMILES string of the molecule is Fc1cccc(-c2noc([C@@H]3CCCN([C@H]4CCN(CCc5ccccc5)C4)C3)n2)c1. The largest absolute Gasteiger partial charge is 0.339 e. The molecule has 6 heteroatoms. The van der Waals surface area contributed by atoms with Gasteiger partial charge in [0.15, 0.2) is 0 Å². The lowest BCUT2D eigenvalue weighted by molar-refractivity contribution is 0.136. The van der Waals surface area contributed by atoms with Crippen LogP contribution in [0, 0.1) is 5.82 Å². The second kappa shape index (κ2) is 9.28. The second-order valence-electron chi connectivity index (χ2n) is 8.78. The summed E-state index contributed by atoms with van der Waals surface area (Å²) < 4.78 is 19.1. The molecule has 3 heterocycles. The van der Waals surface area contributed by atoms with Crippen LogP contribution < -0.4 is 0 Å². The van der Waals surface area contributed by atoms with Crippen molar-refractivity contribution in [2.75, 3.05) is 32.7 Å². The molecule has 1 aromatic heterocycles. The molecule has 2 aliphatic heterocycles. The van der Waals surface area contributed by atoms with E-state index in [1.807, 2.05) is 6.07 Å². The lowest BCUT2D eigenvalue weighted by atomic mass is 9.96. The monoisotopic (exact) mass is 420 g/mol. The molecule has 0 aliphatic carbocycles. The average molecular weight is 421 g/mol. The molecule has 2 aliphatic rings. The Morgan fingerprint density at radius 2 is 1.90 bits per heavy atom. The third kappa shape index (κ3) is 4.86. The van der Waals surface area contributed by atoms with E-state index in [0.29, 0.717) is 23.3 Å². The maximum absolute atomic E-state index is 13.5. The molecule has 5 rings (SSSR count). The van der Waals surface area contributed by atoms with Crippen LogP contribution in [0.15, 0.2) is 59.1 Å². The summed E-state index contributed by atoms with van der Waals surface area (Å²) >= 11 is 0. The molecule has 31 heavy (non-hydrogen) atoms. The number of halogens is 1. The average Bonchev–Trinajstić information content (AvgIpc) is 3.49. The highest BCUT2D eigenvalue weighted by atomic mass is 19.1. The maximum Gasteiger partial charge on any atom is 0.231 e. The fraction of sp³-hybridized carbons (Fsp3) is 0.440. The van der Waals surface area contributed by atoms with E-state index in [0.717, 1.165) is 45.4 Å². The van der Waals surface area contributed by atoms with Crippen molar-refractivity contribution in [3.05, 3.63) is 71.9 Å². The third-order valence-electron chi connectivity index (χ3n) is 6.65. The Bertz CT molecular complexity index is 992. The van der Waals surface area contributed by atoms with Crippen LogP contribution in [0.2, 0.25) is 0 Å². The quantitative estimate of drug-likeness (QED) is 0.593. The number of nitrogens with zero attached hydrogens (tertiary/aromatic N) is 4. The van der Waals surface area contributed by atoms with Crippen molar-refractivity contribution in [3.8, 4) is 11.4 Å². The van der Waals surface area contributed by atoms with Crippen molar-refractivity contribution in [1.82, 2.24) is 19.9 Å². The highest BCUT2D eigenvalue weighted by Gasteiger charge is 2.33. The number of hydrogen-bond acceptors (Lipinski definition) is 5. The van der Waals surface area contributed by atoms with E-state index in [1.165, 1.54) is 30.7 Å². The number of rotatable bonds is 6. The first kappa shape index (κ1) is 20.3. The fourth-order valence-electron chi connectivity index (χ4n) is 4.93. The van der Waals surface area contributed by atoms with E-state index in [2.05, 4.69) is 50.3 Å². The molecule has 3 aromatic rings. The minimum atomic E-state index is -0.286. The van der Waals surface area contributed by atoms with Crippen LogP contribution in [0.5, 0.6) is 0 Å². The number of hydrogen-bond donors (Lipinski definition) is 0. The van der Waals surface area contributed by atoms with Crippen LogP contribution >= 0.6 is 0 Å². The van der Waals surface area contributed by atoms with Gasteiger partial charge in [0.2, 0.25) is 11.7 Å². The van der Waals surface area contributed by atoms with E-state index in [9.17, 15) is 4.39 Å². The molecule has 0 amide bonds. The Kier molecular flexibility index (Phi) is 6.09. The summed E-state index contributed by atoms with van der Waals surface area (Å²) in [6.07, 6.45) is 4.54. The fourth-order valence-corrected chi connectivity index (χ4v) is 4.93. The van der Waals surface area contributed by atoms with Gasteiger partial charge in [0.1, 0.15) is 5.82 Å². The van der Waals surface area contributed by atoms with Crippen molar-refractivity contribution >= 4 is 0 Å². The lowest BCUT2D eigenvalue weighted by Gasteiger charge is -2.35. The Morgan fingerprint density at radius 3 is 2.77 bits per heavy atom. The highest BCUT2D eigenvalue weighted by molar-refractivity contribution is 5.53. The number of piperidine rings is 1. The van der Waals surface area contributed by atoms with Crippen LogP contribution in [0.4, 0.5) is 4.39 Å². The topological polar surface area (TPSA) is 45.4 Å². The molecule has 162 valence electrons. The molecule has 5 nitrogen and oxygen atoms in total. The smallest absolute Gasteiger partial charge is 0.231 e. The van der Waals surface area contributed by atoms with Gasteiger partial charge in [-0.15, -0.1) is 0 Å². The summed E-state index contributed by atoms with van der Waals surface area (Å²) in [5.74, 6) is 1.12. The van der Waals surface area contributed by atoms with Crippen molar-refractivity contribution in [2.45, 2.75) is 37.6 Å². The van der Waals surface area contributed by atoms with Crippen LogP contribution in [0.25, 0.3) is 11.4 Å². The molecule has 2 fully saturated rings. The zero-order valence-corrected chi connectivity index (χ0v) is 17.8. The summed E-state index contributed by atoms with van der Waals surface area (Å²) in [6, 6.07) is 17.7.